The lowest BCUT2D eigenvalue weighted by Crippen LogP contribution is -2.36. The first kappa shape index (κ1) is 14.3. The molecule has 1 unspecified atom stereocenters. The summed E-state index contributed by atoms with van der Waals surface area (Å²) in [6, 6.07) is 7.70. The van der Waals surface area contributed by atoms with Crippen LogP contribution in [0.2, 0.25) is 0 Å². The molecule has 0 amide bonds. The van der Waals surface area contributed by atoms with Gasteiger partial charge in [0.2, 0.25) is 0 Å². The Kier molecular flexibility index (Phi) is 4.15. The maximum atomic E-state index is 12.8. The van der Waals surface area contributed by atoms with E-state index in [0.717, 1.165) is 19.3 Å². The van der Waals surface area contributed by atoms with E-state index in [1.807, 2.05) is 0 Å². The number of nitrogens with zero attached hydrogens (tertiary/aromatic N) is 2. The molecular formula is C12H15F3N2OS. The van der Waals surface area contributed by atoms with Crippen molar-refractivity contribution in [3.8, 4) is 0 Å². The van der Waals surface area contributed by atoms with Crippen molar-refractivity contribution < 1.29 is 17.4 Å². The molecular weight excluding hydrogens is 277 g/mol. The van der Waals surface area contributed by atoms with Crippen LogP contribution in [0.3, 0.4) is 0 Å². The summed E-state index contributed by atoms with van der Waals surface area (Å²) in [6.07, 6.45) is -2.36. The van der Waals surface area contributed by atoms with Crippen LogP contribution in [0.5, 0.6) is 0 Å². The molecule has 1 heterocycles. The molecule has 1 atom stereocenters. The number of rotatable bonds is 2. The van der Waals surface area contributed by atoms with Gasteiger partial charge < -0.3 is 0 Å². The van der Waals surface area contributed by atoms with Crippen LogP contribution < -0.4 is 0 Å². The molecule has 1 aromatic rings. The average molecular weight is 292 g/mol. The van der Waals surface area contributed by atoms with Gasteiger partial charge in [0, 0.05) is 13.1 Å². The minimum atomic E-state index is -4.80. The Balaban J connectivity index is 2.50. The number of alkyl halides is 3. The highest BCUT2D eigenvalue weighted by Crippen LogP contribution is 2.28. The Morgan fingerprint density at radius 1 is 1.05 bits per heavy atom. The van der Waals surface area contributed by atoms with Crippen molar-refractivity contribution in [2.75, 3.05) is 13.1 Å². The van der Waals surface area contributed by atoms with Gasteiger partial charge in [0.25, 0.3) is 0 Å². The minimum absolute atomic E-state index is 0.120. The standard InChI is InChI=1S/C12H15F3N2OS/c13-12(14,15)16-19(18,11-7-3-1-4-8-11)17-9-5-2-6-10-17/h1,3-4,7-8H,2,5-6,9-10H2. The Labute approximate surface area is 110 Å². The molecule has 0 radical (unpaired) electrons. The van der Waals surface area contributed by atoms with Gasteiger partial charge in [-0.1, -0.05) is 24.6 Å². The molecule has 0 saturated carbocycles. The van der Waals surface area contributed by atoms with E-state index in [1.54, 1.807) is 18.2 Å². The van der Waals surface area contributed by atoms with Crippen molar-refractivity contribution >= 4 is 9.92 Å². The summed E-state index contributed by atoms with van der Waals surface area (Å²) in [5.74, 6) is 0. The van der Waals surface area contributed by atoms with E-state index in [2.05, 4.69) is 4.36 Å². The summed E-state index contributed by atoms with van der Waals surface area (Å²) in [6.45, 7) is 0.764. The number of hydrogen-bond acceptors (Lipinski definition) is 2. The van der Waals surface area contributed by atoms with E-state index in [9.17, 15) is 17.4 Å². The van der Waals surface area contributed by atoms with Gasteiger partial charge in [-0.15, -0.1) is 17.5 Å². The third kappa shape index (κ3) is 3.48. The van der Waals surface area contributed by atoms with Crippen LogP contribution in [-0.2, 0) is 9.92 Å². The second kappa shape index (κ2) is 5.50. The van der Waals surface area contributed by atoms with Gasteiger partial charge in [-0.2, -0.15) is 0 Å². The fourth-order valence-electron chi connectivity index (χ4n) is 2.11. The summed E-state index contributed by atoms with van der Waals surface area (Å²) >= 11 is 0. The van der Waals surface area contributed by atoms with Crippen molar-refractivity contribution in [2.24, 2.45) is 4.36 Å². The predicted molar refractivity (Wildman–Crippen MR) is 66.8 cm³/mol. The SMILES string of the molecule is O=S(=NC(F)(F)F)(c1ccccc1)N1CCCCC1. The molecule has 0 bridgehead atoms. The zero-order chi connectivity index (χ0) is 13.9. The summed E-state index contributed by atoms with van der Waals surface area (Å²) in [5, 5.41) is 0. The fraction of sp³-hybridized carbons (Fsp3) is 0.500. The van der Waals surface area contributed by atoms with Crippen LogP contribution in [-0.4, -0.2) is 27.9 Å². The molecule has 3 nitrogen and oxygen atoms in total. The topological polar surface area (TPSA) is 32.7 Å². The van der Waals surface area contributed by atoms with Crippen molar-refractivity contribution in [1.29, 1.82) is 0 Å². The molecule has 0 spiro atoms. The lowest BCUT2D eigenvalue weighted by Gasteiger charge is -2.29. The molecule has 1 aliphatic heterocycles. The normalized spacial score (nSPS) is 20.8. The van der Waals surface area contributed by atoms with Gasteiger partial charge in [-0.3, -0.25) is 0 Å². The molecule has 1 fully saturated rings. The third-order valence-corrected chi connectivity index (χ3v) is 5.35. The number of benzene rings is 1. The predicted octanol–water partition coefficient (Wildman–Crippen LogP) is 3.43. The van der Waals surface area contributed by atoms with Crippen LogP contribution in [0.4, 0.5) is 13.2 Å². The molecule has 7 heteroatoms. The fourth-order valence-corrected chi connectivity index (χ4v) is 4.17. The van der Waals surface area contributed by atoms with E-state index >= 15 is 0 Å². The van der Waals surface area contributed by atoms with Gasteiger partial charge in [0.05, 0.1) is 4.90 Å². The highest BCUT2D eigenvalue weighted by Gasteiger charge is 2.34. The smallest absolute Gasteiger partial charge is 0.228 e. The molecule has 0 aromatic heterocycles. The quantitative estimate of drug-likeness (QED) is 0.769. The maximum Gasteiger partial charge on any atom is 0.512 e. The highest BCUT2D eigenvalue weighted by atomic mass is 32.2. The van der Waals surface area contributed by atoms with E-state index in [-0.39, 0.29) is 4.90 Å². The molecule has 2 rings (SSSR count). The van der Waals surface area contributed by atoms with E-state index in [0.29, 0.717) is 13.1 Å². The molecule has 106 valence electrons. The van der Waals surface area contributed by atoms with Gasteiger partial charge in [0.15, 0.2) is 0 Å². The summed E-state index contributed by atoms with van der Waals surface area (Å²) in [5.41, 5.74) is 0. The van der Waals surface area contributed by atoms with E-state index < -0.39 is 16.2 Å². The second-order valence-corrected chi connectivity index (χ2v) is 6.52. The van der Waals surface area contributed by atoms with Crippen LogP contribution in [0.1, 0.15) is 19.3 Å². The van der Waals surface area contributed by atoms with Gasteiger partial charge in [-0.25, -0.2) is 8.51 Å². The van der Waals surface area contributed by atoms with Crippen molar-refractivity contribution in [1.82, 2.24) is 4.31 Å². The summed E-state index contributed by atoms with van der Waals surface area (Å²) in [7, 11) is -3.59. The van der Waals surface area contributed by atoms with Crippen LogP contribution >= 0.6 is 0 Å². The lowest BCUT2D eigenvalue weighted by atomic mass is 10.2. The second-order valence-electron chi connectivity index (χ2n) is 4.36. The first-order chi connectivity index (χ1) is 8.92. The van der Waals surface area contributed by atoms with Crippen molar-refractivity contribution in [3.05, 3.63) is 30.3 Å². The van der Waals surface area contributed by atoms with Gasteiger partial charge >= 0.3 is 6.30 Å². The molecule has 0 N–H and O–H groups in total. The summed E-state index contributed by atoms with van der Waals surface area (Å²) < 4.78 is 54.7. The average Bonchev–Trinajstić information content (AvgIpc) is 2.39. The van der Waals surface area contributed by atoms with E-state index in [4.69, 9.17) is 0 Å². The third-order valence-electron chi connectivity index (χ3n) is 2.94. The first-order valence-corrected chi connectivity index (χ1v) is 7.54. The van der Waals surface area contributed by atoms with Gasteiger partial charge in [-0.05, 0) is 25.0 Å². The largest absolute Gasteiger partial charge is 0.512 e. The zero-order valence-corrected chi connectivity index (χ0v) is 11.1. The van der Waals surface area contributed by atoms with Gasteiger partial charge in [0.1, 0.15) is 9.92 Å². The Morgan fingerprint density at radius 2 is 1.63 bits per heavy atom. The Bertz CT molecular complexity index is 530. The lowest BCUT2D eigenvalue weighted by molar-refractivity contribution is -0.118. The molecule has 1 saturated heterocycles. The zero-order valence-electron chi connectivity index (χ0n) is 10.3. The van der Waals surface area contributed by atoms with Crippen LogP contribution in [0, 0.1) is 0 Å². The highest BCUT2D eigenvalue weighted by molar-refractivity contribution is 7.91. The van der Waals surface area contributed by atoms with Crippen LogP contribution in [0.25, 0.3) is 0 Å². The van der Waals surface area contributed by atoms with Crippen molar-refractivity contribution in [3.63, 3.8) is 0 Å². The van der Waals surface area contributed by atoms with E-state index in [1.165, 1.54) is 16.4 Å². The number of piperidine rings is 1. The minimum Gasteiger partial charge on any atom is -0.228 e. The molecule has 19 heavy (non-hydrogen) atoms. The maximum absolute atomic E-state index is 12.8. The molecule has 1 aromatic carbocycles. The Morgan fingerprint density at radius 3 is 2.16 bits per heavy atom. The number of halogens is 3. The summed E-state index contributed by atoms with van der Waals surface area (Å²) in [4.78, 5) is 0.120. The monoisotopic (exact) mass is 292 g/mol. The number of hydrogen-bond donors (Lipinski definition) is 0. The molecule has 0 aliphatic carbocycles. The molecule has 1 aliphatic rings. The van der Waals surface area contributed by atoms with Crippen LogP contribution in [0.15, 0.2) is 39.6 Å². The van der Waals surface area contributed by atoms with Crippen molar-refractivity contribution in [2.45, 2.75) is 30.5 Å². The Hall–Kier alpha value is -1.08. The first-order valence-electron chi connectivity index (χ1n) is 6.07.